The molecular formula is C22H22N2O5S. The molecule has 30 heavy (non-hydrogen) atoms. The van der Waals surface area contributed by atoms with Gasteiger partial charge in [-0.25, -0.2) is 0 Å². The summed E-state index contributed by atoms with van der Waals surface area (Å²) >= 11 is 0.779. The van der Waals surface area contributed by atoms with E-state index in [1.807, 2.05) is 30.3 Å². The first-order valence-corrected chi connectivity index (χ1v) is 10.2. The molecule has 0 radical (unpaired) electrons. The monoisotopic (exact) mass is 426 g/mol. The number of para-hydroxylation sites is 1. The first kappa shape index (κ1) is 21.6. The lowest BCUT2D eigenvalue weighted by atomic mass is 10.1. The Kier molecular flexibility index (Phi) is 7.26. The average Bonchev–Trinajstić information content (AvgIpc) is 3.01. The van der Waals surface area contributed by atoms with E-state index in [9.17, 15) is 19.5 Å². The lowest BCUT2D eigenvalue weighted by molar-refractivity contribution is -0.129. The number of hydrogen-bond acceptors (Lipinski definition) is 6. The van der Waals surface area contributed by atoms with Gasteiger partial charge in [0.1, 0.15) is 12.3 Å². The molecule has 0 bridgehead atoms. The van der Waals surface area contributed by atoms with E-state index in [0.717, 1.165) is 22.2 Å². The number of carbonyl (C=O) groups is 3. The molecule has 1 fully saturated rings. The van der Waals surface area contributed by atoms with Gasteiger partial charge in [-0.3, -0.25) is 19.3 Å². The molecule has 1 aliphatic rings. The van der Waals surface area contributed by atoms with Crippen molar-refractivity contribution < 1.29 is 24.2 Å². The van der Waals surface area contributed by atoms with Gasteiger partial charge in [0.05, 0.1) is 24.7 Å². The number of hydrogen-bond donors (Lipinski definition) is 2. The van der Waals surface area contributed by atoms with Crippen molar-refractivity contribution in [1.29, 1.82) is 0 Å². The van der Waals surface area contributed by atoms with Gasteiger partial charge in [0.25, 0.3) is 11.1 Å². The average molecular weight is 426 g/mol. The molecule has 7 nitrogen and oxygen atoms in total. The molecule has 0 spiro atoms. The fraction of sp³-hybridized carbons (Fsp3) is 0.227. The second-order valence-corrected chi connectivity index (χ2v) is 7.64. The summed E-state index contributed by atoms with van der Waals surface area (Å²) < 4.78 is 5.26. The van der Waals surface area contributed by atoms with E-state index in [-0.39, 0.29) is 11.5 Å². The molecule has 2 aromatic rings. The van der Waals surface area contributed by atoms with Crippen molar-refractivity contribution >= 4 is 34.9 Å². The number of rotatable bonds is 8. The van der Waals surface area contributed by atoms with Gasteiger partial charge in [0, 0.05) is 5.56 Å². The fourth-order valence-corrected chi connectivity index (χ4v) is 3.87. The summed E-state index contributed by atoms with van der Waals surface area (Å²) in [5.41, 5.74) is 1.63. The molecule has 156 valence electrons. The van der Waals surface area contributed by atoms with Crippen molar-refractivity contribution in [2.45, 2.75) is 12.5 Å². The maximum Gasteiger partial charge on any atom is 0.294 e. The number of imide groups is 1. The zero-order valence-corrected chi connectivity index (χ0v) is 17.2. The molecule has 1 atom stereocenters. The van der Waals surface area contributed by atoms with Crippen LogP contribution in [0.3, 0.4) is 0 Å². The maximum absolute atomic E-state index is 12.6. The van der Waals surface area contributed by atoms with Crippen LogP contribution in [0.25, 0.3) is 6.08 Å². The lowest BCUT2D eigenvalue weighted by Crippen LogP contribution is -2.45. The molecule has 3 amide bonds. The molecule has 1 aliphatic heterocycles. The van der Waals surface area contributed by atoms with Gasteiger partial charge in [-0.2, -0.15) is 0 Å². The highest BCUT2D eigenvalue weighted by atomic mass is 32.2. The molecule has 0 saturated carbocycles. The standard InChI is InChI=1S/C22H22N2O5S/c1-29-18-10-6-5-9-16(18)12-19-21(27)24(22(28)30-19)13-20(26)23-17(14-25)11-15-7-3-2-4-8-15/h2-10,12,17,25H,11,13-14H2,1H3,(H,23,26)/b19-12+/t17-/m1/s1. The quantitative estimate of drug-likeness (QED) is 0.630. The number of nitrogens with one attached hydrogen (secondary N) is 1. The van der Waals surface area contributed by atoms with Crippen molar-refractivity contribution in [3.05, 3.63) is 70.6 Å². The van der Waals surface area contributed by atoms with Crippen molar-refractivity contribution in [1.82, 2.24) is 10.2 Å². The van der Waals surface area contributed by atoms with Crippen LogP contribution in [-0.4, -0.2) is 53.4 Å². The van der Waals surface area contributed by atoms with Crippen LogP contribution in [0.4, 0.5) is 4.79 Å². The van der Waals surface area contributed by atoms with E-state index < -0.39 is 29.6 Å². The van der Waals surface area contributed by atoms with E-state index in [1.165, 1.54) is 7.11 Å². The van der Waals surface area contributed by atoms with Crippen LogP contribution in [0, 0.1) is 0 Å². The second-order valence-electron chi connectivity index (χ2n) is 6.65. The highest BCUT2D eigenvalue weighted by molar-refractivity contribution is 8.18. The Bertz CT molecular complexity index is 961. The minimum atomic E-state index is -0.533. The topological polar surface area (TPSA) is 95.9 Å². The second kappa shape index (κ2) is 10.1. The van der Waals surface area contributed by atoms with E-state index in [1.54, 1.807) is 30.3 Å². The summed E-state index contributed by atoms with van der Waals surface area (Å²) in [6.07, 6.45) is 2.02. The van der Waals surface area contributed by atoms with Crippen LogP contribution in [-0.2, 0) is 16.0 Å². The zero-order valence-electron chi connectivity index (χ0n) is 16.4. The van der Waals surface area contributed by atoms with Gasteiger partial charge in [-0.05, 0) is 35.9 Å². The minimum absolute atomic E-state index is 0.222. The van der Waals surface area contributed by atoms with Crippen molar-refractivity contribution in [3.8, 4) is 5.75 Å². The van der Waals surface area contributed by atoms with E-state index in [0.29, 0.717) is 17.7 Å². The van der Waals surface area contributed by atoms with Gasteiger partial charge >= 0.3 is 0 Å². The summed E-state index contributed by atoms with van der Waals surface area (Å²) in [7, 11) is 1.52. The Hall–Kier alpha value is -3.10. The predicted molar refractivity (Wildman–Crippen MR) is 115 cm³/mol. The molecule has 3 rings (SSSR count). The zero-order chi connectivity index (χ0) is 21.5. The third kappa shape index (κ3) is 5.28. The molecule has 0 unspecified atom stereocenters. The van der Waals surface area contributed by atoms with Crippen LogP contribution in [0.15, 0.2) is 59.5 Å². The normalized spacial score (nSPS) is 16.1. The Balaban J connectivity index is 1.64. The Morgan fingerprint density at radius 2 is 1.87 bits per heavy atom. The molecular weight excluding hydrogens is 404 g/mol. The van der Waals surface area contributed by atoms with E-state index in [2.05, 4.69) is 5.32 Å². The highest BCUT2D eigenvalue weighted by Gasteiger charge is 2.36. The number of methoxy groups -OCH3 is 1. The van der Waals surface area contributed by atoms with Crippen molar-refractivity contribution in [3.63, 3.8) is 0 Å². The molecule has 1 saturated heterocycles. The van der Waals surface area contributed by atoms with E-state index >= 15 is 0 Å². The third-order valence-electron chi connectivity index (χ3n) is 4.51. The third-order valence-corrected chi connectivity index (χ3v) is 5.42. The minimum Gasteiger partial charge on any atom is -0.496 e. The molecule has 1 heterocycles. The highest BCUT2D eigenvalue weighted by Crippen LogP contribution is 2.33. The summed E-state index contributed by atoms with van der Waals surface area (Å²) in [5.74, 6) is -0.464. The number of aliphatic hydroxyl groups is 1. The van der Waals surface area contributed by atoms with Crippen LogP contribution < -0.4 is 10.1 Å². The largest absolute Gasteiger partial charge is 0.496 e. The van der Waals surface area contributed by atoms with Crippen LogP contribution in [0.5, 0.6) is 5.75 Å². The summed E-state index contributed by atoms with van der Waals surface area (Å²) in [5, 5.41) is 11.7. The van der Waals surface area contributed by atoms with Crippen molar-refractivity contribution in [2.75, 3.05) is 20.3 Å². The summed E-state index contributed by atoms with van der Waals surface area (Å²) in [6.45, 7) is -0.657. The Labute approximate surface area is 178 Å². The molecule has 0 aliphatic carbocycles. The fourth-order valence-electron chi connectivity index (χ4n) is 3.04. The Morgan fingerprint density at radius 3 is 2.57 bits per heavy atom. The van der Waals surface area contributed by atoms with Gasteiger partial charge in [-0.15, -0.1) is 0 Å². The van der Waals surface area contributed by atoms with Crippen molar-refractivity contribution in [2.24, 2.45) is 0 Å². The first-order chi connectivity index (χ1) is 14.5. The molecule has 8 heteroatoms. The van der Waals surface area contributed by atoms with Gasteiger partial charge in [-0.1, -0.05) is 48.5 Å². The van der Waals surface area contributed by atoms with Crippen LogP contribution >= 0.6 is 11.8 Å². The van der Waals surface area contributed by atoms with Crippen LogP contribution in [0.1, 0.15) is 11.1 Å². The summed E-state index contributed by atoms with van der Waals surface area (Å²) in [4.78, 5) is 38.5. The SMILES string of the molecule is COc1ccccc1/C=C1/SC(=O)N(CC(=O)N[C@@H](CO)Cc2ccccc2)C1=O. The maximum atomic E-state index is 12.6. The number of benzene rings is 2. The summed E-state index contributed by atoms with van der Waals surface area (Å²) in [6, 6.07) is 16.0. The van der Waals surface area contributed by atoms with Gasteiger partial charge in [0.2, 0.25) is 5.91 Å². The molecule has 2 aromatic carbocycles. The number of amides is 3. The smallest absolute Gasteiger partial charge is 0.294 e. The number of aliphatic hydroxyl groups excluding tert-OH is 1. The Morgan fingerprint density at radius 1 is 1.17 bits per heavy atom. The van der Waals surface area contributed by atoms with Gasteiger partial charge < -0.3 is 15.2 Å². The number of nitrogens with zero attached hydrogens (tertiary/aromatic N) is 1. The van der Waals surface area contributed by atoms with Gasteiger partial charge in [0.15, 0.2) is 0 Å². The number of ether oxygens (including phenoxy) is 1. The molecule has 2 N–H and O–H groups in total. The lowest BCUT2D eigenvalue weighted by Gasteiger charge is -2.18. The van der Waals surface area contributed by atoms with E-state index in [4.69, 9.17) is 4.74 Å². The van der Waals surface area contributed by atoms with Crippen LogP contribution in [0.2, 0.25) is 0 Å². The number of carbonyl (C=O) groups excluding carboxylic acids is 3. The number of thioether (sulfide) groups is 1. The first-order valence-electron chi connectivity index (χ1n) is 9.34. The molecule has 0 aromatic heterocycles. The predicted octanol–water partition coefficient (Wildman–Crippen LogP) is 2.45.